The summed E-state index contributed by atoms with van der Waals surface area (Å²) in [5.41, 5.74) is 1.75. The molecule has 20 heavy (non-hydrogen) atoms. The van der Waals surface area contributed by atoms with Crippen LogP contribution >= 0.6 is 0 Å². The van der Waals surface area contributed by atoms with E-state index in [1.165, 1.54) is 0 Å². The fraction of sp³-hybridized carbons (Fsp3) is 0.333. The van der Waals surface area contributed by atoms with E-state index in [-0.39, 0.29) is 11.8 Å². The van der Waals surface area contributed by atoms with E-state index in [9.17, 15) is 4.79 Å². The molecule has 2 heterocycles. The molecule has 0 spiro atoms. The molecule has 1 aliphatic heterocycles. The topological polar surface area (TPSA) is 59.0 Å². The van der Waals surface area contributed by atoms with Crippen LogP contribution in [0.15, 0.2) is 43.0 Å². The number of benzene rings is 1. The van der Waals surface area contributed by atoms with Crippen LogP contribution in [-0.2, 0) is 4.79 Å². The van der Waals surface area contributed by atoms with Gasteiger partial charge in [0.05, 0.1) is 23.6 Å². The summed E-state index contributed by atoms with van der Waals surface area (Å²) in [6.45, 7) is 1.77. The zero-order chi connectivity index (χ0) is 13.8. The number of carbonyl (C=O) groups excluding carboxylic acids is 1. The molecule has 104 valence electrons. The standard InChI is InChI=1S/C15H18N4O/c20-15(12-4-3-7-16-10-12)18-13-5-1-2-6-14(13)19-9-8-17-11-19/h1-2,5-6,8-9,11-12,16H,3-4,7,10H2,(H,18,20). The molecule has 5 nitrogen and oxygen atoms in total. The zero-order valence-electron chi connectivity index (χ0n) is 11.2. The molecule has 3 rings (SSSR count). The summed E-state index contributed by atoms with van der Waals surface area (Å²) >= 11 is 0. The predicted molar refractivity (Wildman–Crippen MR) is 77.8 cm³/mol. The third-order valence-corrected chi connectivity index (χ3v) is 3.61. The maximum atomic E-state index is 12.3. The predicted octanol–water partition coefficient (Wildman–Crippen LogP) is 1.81. The Hall–Kier alpha value is -2.14. The van der Waals surface area contributed by atoms with Gasteiger partial charge in [0.15, 0.2) is 0 Å². The summed E-state index contributed by atoms with van der Waals surface area (Å²) in [5, 5.41) is 6.31. The number of rotatable bonds is 3. The van der Waals surface area contributed by atoms with Crippen molar-refractivity contribution in [3.63, 3.8) is 0 Å². The van der Waals surface area contributed by atoms with Crippen molar-refractivity contribution in [2.24, 2.45) is 5.92 Å². The van der Waals surface area contributed by atoms with Gasteiger partial charge in [-0.1, -0.05) is 12.1 Å². The molecule has 1 unspecified atom stereocenters. The second-order valence-corrected chi connectivity index (χ2v) is 5.02. The molecule has 5 heteroatoms. The molecule has 0 saturated carbocycles. The monoisotopic (exact) mass is 270 g/mol. The van der Waals surface area contributed by atoms with Crippen molar-refractivity contribution >= 4 is 11.6 Å². The third kappa shape index (κ3) is 2.72. The van der Waals surface area contributed by atoms with Gasteiger partial charge in [0.2, 0.25) is 5.91 Å². The Morgan fingerprint density at radius 3 is 3.05 bits per heavy atom. The molecule has 0 bridgehead atoms. The first-order valence-electron chi connectivity index (χ1n) is 6.93. The number of anilines is 1. The van der Waals surface area contributed by atoms with Crippen LogP contribution in [0.5, 0.6) is 0 Å². The molecule has 0 aliphatic carbocycles. The highest BCUT2D eigenvalue weighted by Crippen LogP contribution is 2.21. The SMILES string of the molecule is O=C(Nc1ccccc1-n1ccnc1)C1CCCNC1. The minimum Gasteiger partial charge on any atom is -0.324 e. The Morgan fingerprint density at radius 2 is 2.30 bits per heavy atom. The average Bonchev–Trinajstić information content (AvgIpc) is 3.03. The lowest BCUT2D eigenvalue weighted by Crippen LogP contribution is -2.37. The van der Waals surface area contributed by atoms with Gasteiger partial charge in [0, 0.05) is 18.9 Å². The Labute approximate surface area is 118 Å². The molecule has 2 N–H and O–H groups in total. The summed E-state index contributed by atoms with van der Waals surface area (Å²) in [6.07, 6.45) is 7.33. The molecular weight excluding hydrogens is 252 g/mol. The summed E-state index contributed by atoms with van der Waals surface area (Å²) in [7, 11) is 0. The van der Waals surface area contributed by atoms with Gasteiger partial charge in [-0.2, -0.15) is 0 Å². The van der Waals surface area contributed by atoms with Crippen LogP contribution in [-0.4, -0.2) is 28.5 Å². The van der Waals surface area contributed by atoms with Crippen molar-refractivity contribution in [2.45, 2.75) is 12.8 Å². The van der Waals surface area contributed by atoms with Crippen molar-refractivity contribution in [3.05, 3.63) is 43.0 Å². The first kappa shape index (κ1) is 12.9. The molecule has 1 aromatic carbocycles. The van der Waals surface area contributed by atoms with E-state index in [1.54, 1.807) is 12.5 Å². The molecule has 1 aromatic heterocycles. The first-order chi connectivity index (χ1) is 9.84. The lowest BCUT2D eigenvalue weighted by atomic mass is 9.99. The Kier molecular flexibility index (Phi) is 3.78. The van der Waals surface area contributed by atoms with Gasteiger partial charge in [-0.25, -0.2) is 4.98 Å². The van der Waals surface area contributed by atoms with Gasteiger partial charge >= 0.3 is 0 Å². The van der Waals surface area contributed by atoms with E-state index in [2.05, 4.69) is 15.6 Å². The van der Waals surface area contributed by atoms with Crippen LogP contribution in [0.25, 0.3) is 5.69 Å². The molecule has 1 saturated heterocycles. The van der Waals surface area contributed by atoms with E-state index >= 15 is 0 Å². The van der Waals surface area contributed by atoms with Crippen LogP contribution in [0.3, 0.4) is 0 Å². The van der Waals surface area contributed by atoms with Gasteiger partial charge < -0.3 is 15.2 Å². The second-order valence-electron chi connectivity index (χ2n) is 5.02. The molecule has 1 fully saturated rings. The second kappa shape index (κ2) is 5.88. The average molecular weight is 270 g/mol. The lowest BCUT2D eigenvalue weighted by Gasteiger charge is -2.22. The fourth-order valence-electron chi connectivity index (χ4n) is 2.52. The first-order valence-corrected chi connectivity index (χ1v) is 6.93. The maximum Gasteiger partial charge on any atom is 0.228 e. The van der Waals surface area contributed by atoms with Crippen LogP contribution in [0, 0.1) is 5.92 Å². The Balaban J connectivity index is 1.79. The molecule has 1 aliphatic rings. The van der Waals surface area contributed by atoms with E-state index < -0.39 is 0 Å². The fourth-order valence-corrected chi connectivity index (χ4v) is 2.52. The van der Waals surface area contributed by atoms with Crippen molar-refractivity contribution in [2.75, 3.05) is 18.4 Å². The quantitative estimate of drug-likeness (QED) is 0.894. The number of aromatic nitrogens is 2. The number of amides is 1. The largest absolute Gasteiger partial charge is 0.324 e. The third-order valence-electron chi connectivity index (χ3n) is 3.61. The van der Waals surface area contributed by atoms with Crippen LogP contribution in [0.4, 0.5) is 5.69 Å². The highest BCUT2D eigenvalue weighted by Gasteiger charge is 2.21. The number of carbonyl (C=O) groups is 1. The van der Waals surface area contributed by atoms with Crippen molar-refractivity contribution < 1.29 is 4.79 Å². The van der Waals surface area contributed by atoms with Gasteiger partial charge in [0.25, 0.3) is 0 Å². The van der Waals surface area contributed by atoms with E-state index in [4.69, 9.17) is 0 Å². The number of hydrogen-bond acceptors (Lipinski definition) is 3. The smallest absolute Gasteiger partial charge is 0.228 e. The maximum absolute atomic E-state index is 12.3. The van der Waals surface area contributed by atoms with E-state index in [0.29, 0.717) is 0 Å². The lowest BCUT2D eigenvalue weighted by molar-refractivity contribution is -0.120. The van der Waals surface area contributed by atoms with E-state index in [1.807, 2.05) is 35.0 Å². The molecule has 1 amide bonds. The molecule has 2 aromatic rings. The van der Waals surface area contributed by atoms with Crippen molar-refractivity contribution in [3.8, 4) is 5.69 Å². The number of piperidine rings is 1. The molecular formula is C15H18N4O. The zero-order valence-corrected chi connectivity index (χ0v) is 11.2. The molecule has 1 atom stereocenters. The number of para-hydroxylation sites is 2. The Bertz CT molecular complexity index is 573. The number of nitrogens with one attached hydrogen (secondary N) is 2. The number of nitrogens with zero attached hydrogens (tertiary/aromatic N) is 2. The highest BCUT2D eigenvalue weighted by molar-refractivity contribution is 5.94. The van der Waals surface area contributed by atoms with Crippen molar-refractivity contribution in [1.29, 1.82) is 0 Å². The van der Waals surface area contributed by atoms with Crippen LogP contribution in [0.2, 0.25) is 0 Å². The van der Waals surface area contributed by atoms with Gasteiger partial charge in [-0.3, -0.25) is 4.79 Å². The Morgan fingerprint density at radius 1 is 1.40 bits per heavy atom. The van der Waals surface area contributed by atoms with Crippen LogP contribution < -0.4 is 10.6 Å². The summed E-state index contributed by atoms with van der Waals surface area (Å²) < 4.78 is 1.90. The number of imidazole rings is 1. The summed E-state index contributed by atoms with van der Waals surface area (Å²) in [6, 6.07) is 7.77. The minimum absolute atomic E-state index is 0.0552. The normalized spacial score (nSPS) is 18.7. The molecule has 0 radical (unpaired) electrons. The van der Waals surface area contributed by atoms with Gasteiger partial charge in [-0.05, 0) is 31.5 Å². The van der Waals surface area contributed by atoms with Crippen LogP contribution in [0.1, 0.15) is 12.8 Å². The summed E-state index contributed by atoms with van der Waals surface area (Å²) in [5.74, 6) is 0.143. The number of hydrogen-bond donors (Lipinski definition) is 2. The van der Waals surface area contributed by atoms with Crippen molar-refractivity contribution in [1.82, 2.24) is 14.9 Å². The highest BCUT2D eigenvalue weighted by atomic mass is 16.1. The minimum atomic E-state index is 0.0552. The van der Waals surface area contributed by atoms with Gasteiger partial charge in [-0.15, -0.1) is 0 Å². The van der Waals surface area contributed by atoms with Gasteiger partial charge in [0.1, 0.15) is 0 Å². The van der Waals surface area contributed by atoms with E-state index in [0.717, 1.165) is 37.3 Å². The summed E-state index contributed by atoms with van der Waals surface area (Å²) in [4.78, 5) is 16.4.